The fraction of sp³-hybridized carbons (Fsp3) is 0.556. The van der Waals surface area contributed by atoms with Crippen molar-refractivity contribution in [1.82, 2.24) is 5.32 Å². The average molecular weight is 303 g/mol. The molecule has 0 spiro atoms. The van der Waals surface area contributed by atoms with Gasteiger partial charge in [0, 0.05) is 12.1 Å². The number of carbonyl (C=O) groups is 2. The highest BCUT2D eigenvalue weighted by molar-refractivity contribution is 5.94. The van der Waals surface area contributed by atoms with Gasteiger partial charge in [-0.2, -0.15) is 0 Å². The van der Waals surface area contributed by atoms with E-state index in [1.807, 2.05) is 0 Å². The number of ether oxygens (including phenoxy) is 1. The van der Waals surface area contributed by atoms with E-state index in [-0.39, 0.29) is 18.3 Å². The first-order valence-corrected chi connectivity index (χ1v) is 8.15. The van der Waals surface area contributed by atoms with Crippen molar-refractivity contribution in [1.29, 1.82) is 0 Å². The number of carbonyl (C=O) groups excluding carboxylic acids is 2. The van der Waals surface area contributed by atoms with Crippen molar-refractivity contribution in [3.05, 3.63) is 29.8 Å². The molecule has 1 amide bonds. The van der Waals surface area contributed by atoms with Crippen LogP contribution in [0.5, 0.6) is 5.75 Å². The molecule has 1 fully saturated rings. The van der Waals surface area contributed by atoms with Crippen LogP contribution in [0.3, 0.4) is 0 Å². The monoisotopic (exact) mass is 303 g/mol. The molecule has 22 heavy (non-hydrogen) atoms. The summed E-state index contributed by atoms with van der Waals surface area (Å²) in [5.74, 6) is 1.29. The van der Waals surface area contributed by atoms with Gasteiger partial charge in [-0.1, -0.05) is 37.8 Å². The number of ketones is 1. The second-order valence-electron chi connectivity index (χ2n) is 6.02. The summed E-state index contributed by atoms with van der Waals surface area (Å²) in [6.45, 7) is 2.22. The van der Waals surface area contributed by atoms with Gasteiger partial charge in [-0.3, -0.25) is 9.59 Å². The molecule has 1 N–H and O–H groups in total. The van der Waals surface area contributed by atoms with Crippen LogP contribution in [0.4, 0.5) is 0 Å². The van der Waals surface area contributed by atoms with Crippen LogP contribution in [0, 0.1) is 5.92 Å². The van der Waals surface area contributed by atoms with Crippen molar-refractivity contribution < 1.29 is 14.3 Å². The van der Waals surface area contributed by atoms with Gasteiger partial charge in [0.1, 0.15) is 5.75 Å². The highest BCUT2D eigenvalue weighted by Gasteiger charge is 2.14. The molecule has 0 unspecified atom stereocenters. The molecule has 0 aliphatic heterocycles. The summed E-state index contributed by atoms with van der Waals surface area (Å²) in [6, 6.07) is 6.90. The van der Waals surface area contributed by atoms with Crippen LogP contribution < -0.4 is 10.1 Å². The Morgan fingerprint density at radius 1 is 1.27 bits per heavy atom. The van der Waals surface area contributed by atoms with Gasteiger partial charge in [-0.25, -0.2) is 0 Å². The molecule has 0 atom stereocenters. The number of rotatable bonds is 8. The summed E-state index contributed by atoms with van der Waals surface area (Å²) in [7, 11) is 0. The molecule has 2 rings (SSSR count). The van der Waals surface area contributed by atoms with E-state index >= 15 is 0 Å². The second kappa shape index (κ2) is 8.57. The maximum Gasteiger partial charge on any atom is 0.257 e. The lowest BCUT2D eigenvalue weighted by atomic mass is 10.0. The summed E-state index contributed by atoms with van der Waals surface area (Å²) in [4.78, 5) is 23.0. The third-order valence-electron chi connectivity index (χ3n) is 4.20. The molecule has 0 aromatic heterocycles. The highest BCUT2D eigenvalue weighted by atomic mass is 16.5. The van der Waals surface area contributed by atoms with E-state index in [1.165, 1.54) is 39.0 Å². The molecule has 0 radical (unpaired) electrons. The molecule has 4 heteroatoms. The predicted octanol–water partition coefficient (Wildman–Crippen LogP) is 3.35. The minimum Gasteiger partial charge on any atom is -0.484 e. The van der Waals surface area contributed by atoms with Gasteiger partial charge in [0.15, 0.2) is 12.4 Å². The lowest BCUT2D eigenvalue weighted by Crippen LogP contribution is -2.29. The maximum absolute atomic E-state index is 11.7. The third kappa shape index (κ3) is 5.51. The summed E-state index contributed by atoms with van der Waals surface area (Å²) in [6.07, 6.45) is 7.68. The van der Waals surface area contributed by atoms with E-state index in [0.717, 1.165) is 12.3 Å². The molecule has 0 heterocycles. The molecular weight excluding hydrogens is 278 g/mol. The second-order valence-corrected chi connectivity index (χ2v) is 6.02. The minimum atomic E-state index is -0.111. The van der Waals surface area contributed by atoms with Crippen LogP contribution in [0.2, 0.25) is 0 Å². The topological polar surface area (TPSA) is 55.4 Å². The first-order chi connectivity index (χ1) is 10.6. The fourth-order valence-electron chi connectivity index (χ4n) is 2.92. The number of benzene rings is 1. The Kier molecular flexibility index (Phi) is 6.44. The first kappa shape index (κ1) is 16.5. The van der Waals surface area contributed by atoms with E-state index in [0.29, 0.717) is 17.9 Å². The number of hydrogen-bond acceptors (Lipinski definition) is 3. The smallest absolute Gasteiger partial charge is 0.257 e. The molecule has 1 aromatic carbocycles. The van der Waals surface area contributed by atoms with Crippen molar-refractivity contribution in [2.75, 3.05) is 13.2 Å². The van der Waals surface area contributed by atoms with E-state index in [1.54, 1.807) is 24.3 Å². The van der Waals surface area contributed by atoms with Crippen molar-refractivity contribution in [3.63, 3.8) is 0 Å². The molecule has 120 valence electrons. The van der Waals surface area contributed by atoms with E-state index in [2.05, 4.69) is 5.32 Å². The van der Waals surface area contributed by atoms with Crippen LogP contribution in [-0.4, -0.2) is 24.8 Å². The van der Waals surface area contributed by atoms with E-state index in [4.69, 9.17) is 4.74 Å². The lowest BCUT2D eigenvalue weighted by molar-refractivity contribution is -0.123. The van der Waals surface area contributed by atoms with Gasteiger partial charge >= 0.3 is 0 Å². The third-order valence-corrected chi connectivity index (χ3v) is 4.20. The summed E-state index contributed by atoms with van der Waals surface area (Å²) < 4.78 is 5.42. The molecule has 1 saturated carbocycles. The van der Waals surface area contributed by atoms with Crippen molar-refractivity contribution >= 4 is 11.7 Å². The Balaban J connectivity index is 1.62. The van der Waals surface area contributed by atoms with Crippen LogP contribution in [0.25, 0.3) is 0 Å². The Morgan fingerprint density at radius 2 is 2.05 bits per heavy atom. The molecular formula is C18H25NO3. The maximum atomic E-state index is 11.7. The molecule has 1 aliphatic carbocycles. The van der Waals surface area contributed by atoms with Gasteiger partial charge in [-0.15, -0.1) is 0 Å². The highest BCUT2D eigenvalue weighted by Crippen LogP contribution is 2.28. The summed E-state index contributed by atoms with van der Waals surface area (Å²) in [5, 5.41) is 2.88. The van der Waals surface area contributed by atoms with Crippen molar-refractivity contribution in [3.8, 4) is 5.75 Å². The van der Waals surface area contributed by atoms with Gasteiger partial charge in [-0.05, 0) is 37.8 Å². The lowest BCUT2D eigenvalue weighted by Gasteiger charge is -2.10. The average Bonchev–Trinajstić information content (AvgIpc) is 3.03. The predicted molar refractivity (Wildman–Crippen MR) is 86.1 cm³/mol. The fourth-order valence-corrected chi connectivity index (χ4v) is 2.92. The Hall–Kier alpha value is -1.84. The van der Waals surface area contributed by atoms with Gasteiger partial charge in [0.2, 0.25) is 0 Å². The SMILES string of the molecule is CC(=O)c1cccc(OCC(=O)NCCCC2CCCC2)c1. The Morgan fingerprint density at radius 3 is 2.77 bits per heavy atom. The minimum absolute atomic E-state index is 0.00914. The van der Waals surface area contributed by atoms with Crippen LogP contribution in [0.1, 0.15) is 55.8 Å². The summed E-state index contributed by atoms with van der Waals surface area (Å²) in [5.41, 5.74) is 0.592. The van der Waals surface area contributed by atoms with Crippen LogP contribution in [0.15, 0.2) is 24.3 Å². The number of hydrogen-bond donors (Lipinski definition) is 1. The first-order valence-electron chi connectivity index (χ1n) is 8.15. The largest absolute Gasteiger partial charge is 0.484 e. The summed E-state index contributed by atoms with van der Waals surface area (Å²) >= 11 is 0. The zero-order chi connectivity index (χ0) is 15.8. The van der Waals surface area contributed by atoms with Crippen LogP contribution in [-0.2, 0) is 4.79 Å². The van der Waals surface area contributed by atoms with Crippen molar-refractivity contribution in [2.45, 2.75) is 45.4 Å². The molecule has 0 saturated heterocycles. The molecule has 4 nitrogen and oxygen atoms in total. The molecule has 0 bridgehead atoms. The van der Waals surface area contributed by atoms with Crippen LogP contribution >= 0.6 is 0 Å². The zero-order valence-corrected chi connectivity index (χ0v) is 13.3. The number of amides is 1. The molecule has 1 aromatic rings. The quantitative estimate of drug-likeness (QED) is 0.592. The zero-order valence-electron chi connectivity index (χ0n) is 13.3. The van der Waals surface area contributed by atoms with Gasteiger partial charge in [0.05, 0.1) is 0 Å². The Labute approximate surface area is 132 Å². The van der Waals surface area contributed by atoms with Crippen molar-refractivity contribution in [2.24, 2.45) is 5.92 Å². The van der Waals surface area contributed by atoms with E-state index in [9.17, 15) is 9.59 Å². The van der Waals surface area contributed by atoms with Gasteiger partial charge < -0.3 is 10.1 Å². The number of nitrogens with one attached hydrogen (secondary N) is 1. The number of Topliss-reactive ketones (excluding diaryl/α,β-unsaturated/α-hetero) is 1. The normalized spacial score (nSPS) is 14.8. The van der Waals surface area contributed by atoms with Gasteiger partial charge in [0.25, 0.3) is 5.91 Å². The molecule has 1 aliphatic rings. The Bertz CT molecular complexity index is 507. The van der Waals surface area contributed by atoms with E-state index < -0.39 is 0 Å². The standard InChI is InChI=1S/C18H25NO3/c1-14(20)16-9-4-10-17(12-16)22-13-18(21)19-11-5-8-15-6-2-3-7-15/h4,9-10,12,15H,2-3,5-8,11,13H2,1H3,(H,19,21).